The van der Waals surface area contributed by atoms with E-state index in [1.807, 2.05) is 6.92 Å². The van der Waals surface area contributed by atoms with Gasteiger partial charge in [0.05, 0.1) is 0 Å². The fourth-order valence-corrected chi connectivity index (χ4v) is 5.74. The molecule has 0 aromatic heterocycles. The Morgan fingerprint density at radius 1 is 0.528 bits per heavy atom. The fourth-order valence-electron chi connectivity index (χ4n) is 5.26. The van der Waals surface area contributed by atoms with Gasteiger partial charge in [-0.15, -0.1) is 0 Å². The van der Waals surface area contributed by atoms with Crippen molar-refractivity contribution in [2.75, 3.05) is 0 Å². The molecule has 2 aromatic carbocycles. The average molecular weight is 513 g/mol. The van der Waals surface area contributed by atoms with Gasteiger partial charge in [-0.2, -0.15) is 8.60 Å². The van der Waals surface area contributed by atoms with E-state index >= 15 is 0 Å². The highest BCUT2D eigenvalue weighted by molar-refractivity contribution is 7.36. The zero-order valence-corrected chi connectivity index (χ0v) is 26.4. The van der Waals surface area contributed by atoms with Crippen molar-refractivity contribution >= 4 is 8.60 Å². The van der Waals surface area contributed by atoms with E-state index in [1.54, 1.807) is 0 Å². The van der Waals surface area contributed by atoms with Gasteiger partial charge in [-0.1, -0.05) is 107 Å². The van der Waals surface area contributed by atoms with Gasteiger partial charge in [0.25, 0.3) is 0 Å². The van der Waals surface area contributed by atoms with E-state index < -0.39 is 14.2 Å². The molecule has 0 aliphatic carbocycles. The highest BCUT2D eigenvalue weighted by Crippen LogP contribution is 2.50. The second-order valence-corrected chi connectivity index (χ2v) is 15.4. The maximum absolute atomic E-state index is 12.4. The molecule has 3 nitrogen and oxygen atoms in total. The highest BCUT2D eigenvalue weighted by Gasteiger charge is 2.41. The summed E-state index contributed by atoms with van der Waals surface area (Å²) in [4.78, 5) is 24.7. The number of benzene rings is 2. The van der Waals surface area contributed by atoms with Crippen molar-refractivity contribution in [3.8, 4) is 0 Å². The smallest absolute Gasteiger partial charge is 0.117 e. The average Bonchev–Trinajstić information content (AvgIpc) is 2.62. The van der Waals surface area contributed by atoms with Gasteiger partial charge in [-0.3, -0.25) is 0 Å². The summed E-state index contributed by atoms with van der Waals surface area (Å²) in [5.41, 5.74) is 6.99. The molecule has 0 atom stereocenters. The van der Waals surface area contributed by atoms with Crippen molar-refractivity contribution in [1.29, 1.82) is 0 Å². The number of hydrogen-bond acceptors (Lipinski definition) is 3. The molecule has 0 saturated carbocycles. The van der Waals surface area contributed by atoms with Crippen LogP contribution < -0.4 is 9.79 Å². The molecule has 2 aromatic rings. The monoisotopic (exact) mass is 512 g/mol. The van der Waals surface area contributed by atoms with Crippen molar-refractivity contribution < 1.29 is 14.3 Å². The van der Waals surface area contributed by atoms with Gasteiger partial charge in [-0.25, -0.2) is 0 Å². The summed E-state index contributed by atoms with van der Waals surface area (Å²) >= 11 is 0. The van der Waals surface area contributed by atoms with Gasteiger partial charge in [0.2, 0.25) is 0 Å². The lowest BCUT2D eigenvalue weighted by Crippen LogP contribution is -2.37. The first-order chi connectivity index (χ1) is 15.9. The van der Waals surface area contributed by atoms with Crippen molar-refractivity contribution in [3.05, 3.63) is 68.8 Å². The topological polar surface area (TPSA) is 55.3 Å². The van der Waals surface area contributed by atoms with E-state index in [0.717, 1.165) is 33.4 Å². The van der Waals surface area contributed by atoms with Gasteiger partial charge in [0, 0.05) is 0 Å². The normalized spacial score (nSPS) is 14.1. The lowest BCUT2D eigenvalue weighted by atomic mass is 9.68. The van der Waals surface area contributed by atoms with Crippen LogP contribution in [0.1, 0.15) is 135 Å². The lowest BCUT2D eigenvalue weighted by molar-refractivity contribution is -0.324. The minimum absolute atomic E-state index is 0.0366. The quantitative estimate of drug-likeness (QED) is 0.394. The molecule has 0 N–H and O–H groups in total. The second-order valence-electron chi connectivity index (χ2n) is 14.8. The van der Waals surface area contributed by atoms with Gasteiger partial charge in [-0.05, 0) is 86.9 Å². The summed E-state index contributed by atoms with van der Waals surface area (Å²) in [6.07, 6.45) is 0. The molecule has 36 heavy (non-hydrogen) atoms. The van der Waals surface area contributed by atoms with Gasteiger partial charge in [0.1, 0.15) is 5.60 Å². The van der Waals surface area contributed by atoms with Crippen LogP contribution in [0.25, 0.3) is 0 Å². The van der Waals surface area contributed by atoms with Crippen molar-refractivity contribution in [2.24, 2.45) is 0 Å². The van der Waals surface area contributed by atoms with Crippen LogP contribution in [0.2, 0.25) is 0 Å². The molecule has 2 rings (SSSR count). The molecular weight excluding hydrogens is 463 g/mol. The third kappa shape index (κ3) is 6.41. The lowest BCUT2D eigenvalue weighted by Gasteiger charge is -2.47. The summed E-state index contributed by atoms with van der Waals surface area (Å²) in [7, 11) is -3.12. The standard InChI is InChI=1S/C32H49O3P/c1-20-16-22(28(3,4)5)18-24(30(9,10)11)26(20)32(15,35-36(33)34)27-21(2)17-23(29(6,7)8)19-25(27)31(12,13)14/h16-19H,1-15H3/q-2. The first kappa shape index (κ1) is 31.0. The van der Waals surface area contributed by atoms with Crippen LogP contribution in [0.4, 0.5) is 0 Å². The molecule has 0 saturated heterocycles. The Bertz CT molecular complexity index is 1020. The predicted molar refractivity (Wildman–Crippen MR) is 152 cm³/mol. The summed E-state index contributed by atoms with van der Waals surface area (Å²) in [5.74, 6) is 0. The largest absolute Gasteiger partial charge is 0.820 e. The Morgan fingerprint density at radius 3 is 1.06 bits per heavy atom. The van der Waals surface area contributed by atoms with Gasteiger partial charge >= 0.3 is 0 Å². The van der Waals surface area contributed by atoms with Crippen molar-refractivity contribution in [1.82, 2.24) is 0 Å². The Hall–Kier alpha value is -1.25. The number of hydrogen-bond donors (Lipinski definition) is 0. The Morgan fingerprint density at radius 2 is 0.833 bits per heavy atom. The predicted octanol–water partition coefficient (Wildman–Crippen LogP) is 7.72. The summed E-state index contributed by atoms with van der Waals surface area (Å²) in [5, 5.41) is 0. The van der Waals surface area contributed by atoms with E-state index in [0.29, 0.717) is 0 Å². The van der Waals surface area contributed by atoms with Crippen LogP contribution in [0, 0.1) is 13.8 Å². The van der Waals surface area contributed by atoms with Crippen LogP contribution in [-0.2, 0) is 31.8 Å². The summed E-state index contributed by atoms with van der Waals surface area (Å²) in [6, 6.07) is 8.94. The SMILES string of the molecule is Cc1cc(C(C)(C)C)cc(C(C)(C)C)c1C(C)(OP([O-])[O-])c1c(C)cc(C(C)(C)C)cc1C(C)(C)C. The number of rotatable bonds is 4. The van der Waals surface area contributed by atoms with Crippen LogP contribution in [0.15, 0.2) is 24.3 Å². The maximum Gasteiger partial charge on any atom is 0.117 e. The molecule has 0 amide bonds. The third-order valence-corrected chi connectivity index (χ3v) is 7.74. The first-order valence-electron chi connectivity index (χ1n) is 13.1. The Balaban J connectivity index is 3.16. The van der Waals surface area contributed by atoms with E-state index in [2.05, 4.69) is 121 Å². The first-order valence-corrected chi connectivity index (χ1v) is 14.2. The van der Waals surface area contributed by atoms with E-state index in [1.165, 1.54) is 11.1 Å². The van der Waals surface area contributed by atoms with Gasteiger partial charge < -0.3 is 14.3 Å². The molecule has 0 aliphatic heterocycles. The highest BCUT2D eigenvalue weighted by atomic mass is 31.2. The van der Waals surface area contributed by atoms with Crippen LogP contribution >= 0.6 is 8.60 Å². The maximum atomic E-state index is 12.4. The van der Waals surface area contributed by atoms with Crippen molar-refractivity contribution in [3.63, 3.8) is 0 Å². The summed E-state index contributed by atoms with van der Waals surface area (Å²) in [6.45, 7) is 32.6. The Labute approximate surface area is 222 Å². The molecule has 0 bridgehead atoms. The minimum Gasteiger partial charge on any atom is -0.820 e. The number of aryl methyl sites for hydroxylation is 2. The molecule has 0 unspecified atom stereocenters. The summed E-state index contributed by atoms with van der Waals surface area (Å²) < 4.78 is 6.05. The molecule has 0 radical (unpaired) electrons. The van der Waals surface area contributed by atoms with E-state index in [-0.39, 0.29) is 21.7 Å². The molecule has 202 valence electrons. The second kappa shape index (κ2) is 9.81. The van der Waals surface area contributed by atoms with Crippen LogP contribution in [0.5, 0.6) is 0 Å². The fraction of sp³-hybridized carbons (Fsp3) is 0.625. The Kier molecular flexibility index (Phi) is 8.44. The molecule has 0 fully saturated rings. The van der Waals surface area contributed by atoms with E-state index in [9.17, 15) is 9.79 Å². The molecule has 0 heterocycles. The van der Waals surface area contributed by atoms with Crippen LogP contribution in [-0.4, -0.2) is 0 Å². The molecular formula is C32H49O3P-2. The molecule has 4 heteroatoms. The zero-order chi connectivity index (χ0) is 28.2. The third-order valence-electron chi connectivity index (χ3n) is 7.23. The van der Waals surface area contributed by atoms with Gasteiger partial charge in [0.15, 0.2) is 0 Å². The zero-order valence-electron chi connectivity index (χ0n) is 25.5. The molecule has 0 aliphatic rings. The van der Waals surface area contributed by atoms with Crippen LogP contribution in [0.3, 0.4) is 0 Å². The van der Waals surface area contributed by atoms with E-state index in [4.69, 9.17) is 4.52 Å². The molecule has 0 spiro atoms. The minimum atomic E-state index is -3.12. The van der Waals surface area contributed by atoms with Crippen molar-refractivity contribution in [2.45, 2.75) is 131 Å².